The van der Waals surface area contributed by atoms with Crippen LogP contribution in [0.1, 0.15) is 25.3 Å². The number of hydrogen-bond donors (Lipinski definition) is 0. The number of nitriles is 1. The Hall–Kier alpha value is -1.58. The van der Waals surface area contributed by atoms with E-state index in [0.29, 0.717) is 38.2 Å². The minimum atomic E-state index is -3.13. The molecule has 0 saturated carbocycles. The molecule has 5 nitrogen and oxygen atoms in total. The standard InChI is InChI=1S/C15H21N3O2S/c1-2-3-12-21(19,20)18-10-8-17(9-11-18)15-7-5-4-6-14(15)13-16/h4-7H,2-3,8-12H2,1H3. The highest BCUT2D eigenvalue weighted by atomic mass is 32.2. The van der Waals surface area contributed by atoms with Crippen LogP contribution in [-0.4, -0.2) is 44.7 Å². The number of anilines is 1. The summed E-state index contributed by atoms with van der Waals surface area (Å²) in [5, 5.41) is 9.14. The first-order chi connectivity index (χ1) is 10.1. The van der Waals surface area contributed by atoms with E-state index < -0.39 is 10.0 Å². The lowest BCUT2D eigenvalue weighted by Gasteiger charge is -2.35. The molecular formula is C15H21N3O2S. The molecule has 1 aliphatic rings. The average molecular weight is 307 g/mol. The summed E-state index contributed by atoms with van der Waals surface area (Å²) in [5.74, 6) is 0.234. The van der Waals surface area contributed by atoms with Gasteiger partial charge in [0.05, 0.1) is 17.0 Å². The van der Waals surface area contributed by atoms with E-state index in [9.17, 15) is 8.42 Å². The van der Waals surface area contributed by atoms with Crippen molar-refractivity contribution in [1.82, 2.24) is 4.31 Å². The number of sulfonamides is 1. The molecule has 1 saturated heterocycles. The van der Waals surface area contributed by atoms with Gasteiger partial charge in [0.1, 0.15) is 6.07 Å². The van der Waals surface area contributed by atoms with Crippen LogP contribution in [0, 0.1) is 11.3 Å². The lowest BCUT2D eigenvalue weighted by molar-refractivity contribution is 0.384. The van der Waals surface area contributed by atoms with E-state index in [0.717, 1.165) is 12.1 Å². The minimum absolute atomic E-state index is 0.234. The fourth-order valence-electron chi connectivity index (χ4n) is 2.51. The first kappa shape index (κ1) is 15.8. The molecular weight excluding hydrogens is 286 g/mol. The van der Waals surface area contributed by atoms with Crippen molar-refractivity contribution in [2.24, 2.45) is 0 Å². The zero-order chi connectivity index (χ0) is 15.3. The van der Waals surface area contributed by atoms with E-state index in [1.165, 1.54) is 0 Å². The Bertz CT molecular complexity index is 614. The number of nitrogens with zero attached hydrogens (tertiary/aromatic N) is 3. The van der Waals surface area contributed by atoms with Crippen molar-refractivity contribution in [3.8, 4) is 6.07 Å². The smallest absolute Gasteiger partial charge is 0.214 e. The van der Waals surface area contributed by atoms with Gasteiger partial charge in [0, 0.05) is 26.2 Å². The van der Waals surface area contributed by atoms with Crippen LogP contribution in [0.3, 0.4) is 0 Å². The Morgan fingerprint density at radius 1 is 1.19 bits per heavy atom. The zero-order valence-corrected chi connectivity index (χ0v) is 13.1. The normalized spacial score (nSPS) is 16.7. The van der Waals surface area contributed by atoms with E-state index in [-0.39, 0.29) is 5.75 Å². The molecule has 114 valence electrons. The van der Waals surface area contributed by atoms with Gasteiger partial charge < -0.3 is 4.90 Å². The number of hydrogen-bond acceptors (Lipinski definition) is 4. The maximum absolute atomic E-state index is 12.2. The second-order valence-electron chi connectivity index (χ2n) is 5.18. The van der Waals surface area contributed by atoms with E-state index in [4.69, 9.17) is 5.26 Å². The van der Waals surface area contributed by atoms with Gasteiger partial charge in [-0.1, -0.05) is 25.5 Å². The van der Waals surface area contributed by atoms with Crippen molar-refractivity contribution in [3.05, 3.63) is 29.8 Å². The number of benzene rings is 1. The maximum atomic E-state index is 12.2. The second-order valence-corrected chi connectivity index (χ2v) is 7.27. The van der Waals surface area contributed by atoms with Gasteiger partial charge in [-0.05, 0) is 18.6 Å². The highest BCUT2D eigenvalue weighted by Gasteiger charge is 2.27. The fourth-order valence-corrected chi connectivity index (χ4v) is 4.14. The Kier molecular flexibility index (Phi) is 5.21. The molecule has 0 atom stereocenters. The highest BCUT2D eigenvalue weighted by Crippen LogP contribution is 2.22. The van der Waals surface area contributed by atoms with Crippen LogP contribution >= 0.6 is 0 Å². The molecule has 0 amide bonds. The van der Waals surface area contributed by atoms with Crippen molar-refractivity contribution in [2.75, 3.05) is 36.8 Å². The first-order valence-electron chi connectivity index (χ1n) is 7.30. The number of rotatable bonds is 5. The van der Waals surface area contributed by atoms with Crippen molar-refractivity contribution < 1.29 is 8.42 Å². The molecule has 0 aliphatic carbocycles. The van der Waals surface area contributed by atoms with Crippen LogP contribution in [-0.2, 0) is 10.0 Å². The first-order valence-corrected chi connectivity index (χ1v) is 8.91. The molecule has 1 fully saturated rings. The topological polar surface area (TPSA) is 64.4 Å². The van der Waals surface area contributed by atoms with Gasteiger partial charge in [-0.25, -0.2) is 8.42 Å². The summed E-state index contributed by atoms with van der Waals surface area (Å²) in [6, 6.07) is 9.64. The second kappa shape index (κ2) is 6.92. The van der Waals surface area contributed by atoms with E-state index in [1.807, 2.05) is 25.1 Å². The maximum Gasteiger partial charge on any atom is 0.214 e. The molecule has 1 aromatic carbocycles. The predicted molar refractivity (Wildman–Crippen MR) is 83.6 cm³/mol. The summed E-state index contributed by atoms with van der Waals surface area (Å²) in [7, 11) is -3.13. The minimum Gasteiger partial charge on any atom is -0.368 e. The predicted octanol–water partition coefficient (Wildman–Crippen LogP) is 1.81. The van der Waals surface area contributed by atoms with E-state index >= 15 is 0 Å². The quantitative estimate of drug-likeness (QED) is 0.832. The van der Waals surface area contributed by atoms with Crippen molar-refractivity contribution in [3.63, 3.8) is 0 Å². The molecule has 1 aromatic rings. The third-order valence-corrected chi connectivity index (χ3v) is 5.71. The van der Waals surface area contributed by atoms with Crippen LogP contribution in [0.25, 0.3) is 0 Å². The molecule has 0 aromatic heterocycles. The van der Waals surface area contributed by atoms with Gasteiger partial charge in [0.25, 0.3) is 0 Å². The van der Waals surface area contributed by atoms with Gasteiger partial charge in [-0.2, -0.15) is 9.57 Å². The number of para-hydroxylation sites is 1. The van der Waals surface area contributed by atoms with Gasteiger partial charge in [0.2, 0.25) is 10.0 Å². The summed E-state index contributed by atoms with van der Waals surface area (Å²) < 4.78 is 25.9. The molecule has 6 heteroatoms. The molecule has 0 radical (unpaired) electrons. The zero-order valence-electron chi connectivity index (χ0n) is 12.3. The highest BCUT2D eigenvalue weighted by molar-refractivity contribution is 7.89. The molecule has 0 spiro atoms. The summed E-state index contributed by atoms with van der Waals surface area (Å²) in [6.45, 7) is 4.23. The summed E-state index contributed by atoms with van der Waals surface area (Å²) in [5.41, 5.74) is 1.53. The third-order valence-electron chi connectivity index (χ3n) is 3.75. The van der Waals surface area contributed by atoms with Gasteiger partial charge in [0.15, 0.2) is 0 Å². The summed E-state index contributed by atoms with van der Waals surface area (Å²) in [4.78, 5) is 2.09. The van der Waals surface area contributed by atoms with E-state index in [1.54, 1.807) is 10.4 Å². The van der Waals surface area contributed by atoms with Crippen LogP contribution in [0.4, 0.5) is 5.69 Å². The Labute approximate surface area is 126 Å². The number of piperazine rings is 1. The molecule has 0 bridgehead atoms. The largest absolute Gasteiger partial charge is 0.368 e. The van der Waals surface area contributed by atoms with Crippen molar-refractivity contribution in [2.45, 2.75) is 19.8 Å². The van der Waals surface area contributed by atoms with Crippen LogP contribution in [0.2, 0.25) is 0 Å². The monoisotopic (exact) mass is 307 g/mol. The Balaban J connectivity index is 2.02. The van der Waals surface area contributed by atoms with Crippen molar-refractivity contribution >= 4 is 15.7 Å². The van der Waals surface area contributed by atoms with Crippen LogP contribution in [0.5, 0.6) is 0 Å². The molecule has 1 heterocycles. The Morgan fingerprint density at radius 3 is 2.48 bits per heavy atom. The SMILES string of the molecule is CCCCS(=O)(=O)N1CCN(c2ccccc2C#N)CC1. The van der Waals surface area contributed by atoms with Crippen LogP contribution < -0.4 is 4.90 Å². The van der Waals surface area contributed by atoms with Gasteiger partial charge >= 0.3 is 0 Å². The molecule has 0 unspecified atom stereocenters. The van der Waals surface area contributed by atoms with Crippen molar-refractivity contribution in [1.29, 1.82) is 5.26 Å². The fraction of sp³-hybridized carbons (Fsp3) is 0.533. The number of unbranched alkanes of at least 4 members (excludes halogenated alkanes) is 1. The Morgan fingerprint density at radius 2 is 1.86 bits per heavy atom. The average Bonchev–Trinajstić information content (AvgIpc) is 2.53. The van der Waals surface area contributed by atoms with E-state index in [2.05, 4.69) is 11.0 Å². The van der Waals surface area contributed by atoms with Gasteiger partial charge in [-0.15, -0.1) is 0 Å². The molecule has 2 rings (SSSR count). The summed E-state index contributed by atoms with van der Waals surface area (Å²) >= 11 is 0. The third kappa shape index (κ3) is 3.74. The lowest BCUT2D eigenvalue weighted by Crippen LogP contribution is -2.49. The molecule has 1 aliphatic heterocycles. The lowest BCUT2D eigenvalue weighted by atomic mass is 10.1. The summed E-state index contributed by atoms with van der Waals surface area (Å²) in [6.07, 6.45) is 1.59. The van der Waals surface area contributed by atoms with Gasteiger partial charge in [-0.3, -0.25) is 0 Å². The van der Waals surface area contributed by atoms with Crippen LogP contribution in [0.15, 0.2) is 24.3 Å². The molecule has 0 N–H and O–H groups in total. The molecule has 21 heavy (non-hydrogen) atoms.